The zero-order valence-electron chi connectivity index (χ0n) is 15.9. The van der Waals surface area contributed by atoms with E-state index in [4.69, 9.17) is 9.47 Å². The van der Waals surface area contributed by atoms with Crippen LogP contribution in [-0.2, 0) is 0 Å². The van der Waals surface area contributed by atoms with Crippen molar-refractivity contribution in [3.8, 4) is 11.5 Å². The third-order valence-corrected chi connectivity index (χ3v) is 5.00. The number of carbonyl (C=O) groups is 1. The van der Waals surface area contributed by atoms with Crippen molar-refractivity contribution in [2.45, 2.75) is 0 Å². The van der Waals surface area contributed by atoms with Gasteiger partial charge in [0.1, 0.15) is 5.69 Å². The second-order valence-corrected chi connectivity index (χ2v) is 7.20. The zero-order chi connectivity index (χ0) is 22.5. The van der Waals surface area contributed by atoms with Crippen LogP contribution in [0.1, 0.15) is 21.6 Å². The minimum Gasteiger partial charge on any atom is -0.493 e. The van der Waals surface area contributed by atoms with Gasteiger partial charge < -0.3 is 14.5 Å². The highest BCUT2D eigenvalue weighted by molar-refractivity contribution is 14.1. The van der Waals surface area contributed by atoms with Gasteiger partial charge in [0.15, 0.2) is 11.5 Å². The van der Waals surface area contributed by atoms with Gasteiger partial charge >= 0.3 is 22.9 Å². The fourth-order valence-electron chi connectivity index (χ4n) is 2.63. The average Bonchev–Trinajstić information content (AvgIpc) is 2.72. The van der Waals surface area contributed by atoms with E-state index in [9.17, 15) is 24.5 Å². The Bertz CT molecular complexity index is 1310. The number of nitrogens with zero attached hydrogens (tertiary/aromatic N) is 1. The Morgan fingerprint density at radius 3 is 2.52 bits per heavy atom. The zero-order valence-corrected chi connectivity index (χ0v) is 18.0. The molecule has 158 valence electrons. The number of aromatic nitrogens is 2. The smallest absolute Gasteiger partial charge is 0.357 e. The summed E-state index contributed by atoms with van der Waals surface area (Å²) in [5, 5.41) is 11.1. The third kappa shape index (κ3) is 5.06. The maximum Gasteiger partial charge on any atom is 0.357 e. The van der Waals surface area contributed by atoms with Crippen LogP contribution in [0.2, 0.25) is 0 Å². The van der Waals surface area contributed by atoms with Crippen LogP contribution in [0.3, 0.4) is 0 Å². The van der Waals surface area contributed by atoms with Crippen molar-refractivity contribution in [1.29, 1.82) is 0 Å². The molecule has 0 aliphatic heterocycles. The van der Waals surface area contributed by atoms with Crippen molar-refractivity contribution in [2.24, 2.45) is 0 Å². The van der Waals surface area contributed by atoms with Crippen molar-refractivity contribution in [3.05, 3.63) is 93.8 Å². The van der Waals surface area contributed by atoms with Gasteiger partial charge in [-0.1, -0.05) is 24.3 Å². The van der Waals surface area contributed by atoms with Gasteiger partial charge in [0.25, 0.3) is 0 Å². The number of hydrogen-bond acceptors (Lipinski definition) is 7. The molecule has 0 spiro atoms. The molecule has 0 radical (unpaired) electrons. The largest absolute Gasteiger partial charge is 0.493 e. The second kappa shape index (κ2) is 9.38. The van der Waals surface area contributed by atoms with E-state index in [1.807, 2.05) is 27.6 Å². The molecule has 3 aromatic rings. The maximum absolute atomic E-state index is 12.4. The summed E-state index contributed by atoms with van der Waals surface area (Å²) in [6.45, 7) is 0. The predicted octanol–water partition coefficient (Wildman–Crippen LogP) is 2.97. The van der Waals surface area contributed by atoms with Crippen molar-refractivity contribution in [1.82, 2.24) is 9.97 Å². The molecule has 10 nitrogen and oxygen atoms in total. The van der Waals surface area contributed by atoms with Crippen LogP contribution in [0.15, 0.2) is 52.1 Å². The number of H-pyrrole nitrogens is 2. The number of nitro groups is 1. The third-order valence-electron chi connectivity index (χ3n) is 4.05. The second-order valence-electron chi connectivity index (χ2n) is 6.04. The van der Waals surface area contributed by atoms with E-state index >= 15 is 0 Å². The fraction of sp³-hybridized carbons (Fsp3) is 0.0500. The van der Waals surface area contributed by atoms with E-state index in [2.05, 4.69) is 4.98 Å². The minimum absolute atomic E-state index is 0.180. The Balaban J connectivity index is 1.90. The molecule has 3 rings (SSSR count). The van der Waals surface area contributed by atoms with E-state index in [-0.39, 0.29) is 17.2 Å². The lowest BCUT2D eigenvalue weighted by Gasteiger charge is -2.10. The topological polar surface area (TPSA) is 144 Å². The molecule has 0 saturated heterocycles. The number of aromatic amines is 2. The molecule has 0 amide bonds. The Morgan fingerprint density at radius 1 is 1.10 bits per heavy atom. The number of halogens is 1. The van der Waals surface area contributed by atoms with E-state index in [1.165, 1.54) is 31.4 Å². The lowest BCUT2D eigenvalue weighted by atomic mass is 10.1. The Hall–Kier alpha value is -3.74. The van der Waals surface area contributed by atoms with Gasteiger partial charge in [0, 0.05) is 3.57 Å². The van der Waals surface area contributed by atoms with E-state index < -0.39 is 27.8 Å². The predicted molar refractivity (Wildman–Crippen MR) is 120 cm³/mol. The summed E-state index contributed by atoms with van der Waals surface area (Å²) in [5.41, 5.74) is -2.10. The highest BCUT2D eigenvalue weighted by Gasteiger charge is 2.19. The molecule has 0 saturated carbocycles. The molecule has 0 unspecified atom stereocenters. The number of benzene rings is 2. The first-order valence-corrected chi connectivity index (χ1v) is 9.72. The summed E-state index contributed by atoms with van der Waals surface area (Å²) in [5.74, 6) is -0.126. The molecule has 1 heterocycles. The number of carbonyl (C=O) groups excluding carboxylic acids is 1. The molecule has 11 heteroatoms. The summed E-state index contributed by atoms with van der Waals surface area (Å²) in [6, 6.07) is 11.6. The molecular formula is C20H14IN3O7. The van der Waals surface area contributed by atoms with Gasteiger partial charge in [-0.3, -0.25) is 19.9 Å². The Labute approximate surface area is 187 Å². The number of methoxy groups -OCH3 is 1. The number of esters is 1. The first-order chi connectivity index (χ1) is 14.8. The molecule has 0 aliphatic carbocycles. The summed E-state index contributed by atoms with van der Waals surface area (Å²) < 4.78 is 11.4. The first kappa shape index (κ1) is 22.0. The van der Waals surface area contributed by atoms with E-state index in [1.54, 1.807) is 30.3 Å². The van der Waals surface area contributed by atoms with Gasteiger partial charge in [-0.2, -0.15) is 0 Å². The molecule has 0 fully saturated rings. The summed E-state index contributed by atoms with van der Waals surface area (Å²) in [6.07, 6.45) is 2.66. The van der Waals surface area contributed by atoms with Crippen LogP contribution in [0, 0.1) is 13.7 Å². The first-order valence-electron chi connectivity index (χ1n) is 8.64. The van der Waals surface area contributed by atoms with Crippen LogP contribution in [-0.4, -0.2) is 28.0 Å². The van der Waals surface area contributed by atoms with Gasteiger partial charge in [0.05, 0.1) is 17.6 Å². The van der Waals surface area contributed by atoms with Crippen LogP contribution in [0.5, 0.6) is 11.5 Å². The highest BCUT2D eigenvalue weighted by Crippen LogP contribution is 2.30. The summed E-state index contributed by atoms with van der Waals surface area (Å²) in [7, 11) is 1.39. The molecule has 0 bridgehead atoms. The number of rotatable bonds is 6. The van der Waals surface area contributed by atoms with Gasteiger partial charge in [0.2, 0.25) is 0 Å². The van der Waals surface area contributed by atoms with Crippen LogP contribution in [0.25, 0.3) is 12.2 Å². The quantitative estimate of drug-likeness (QED) is 0.162. The lowest BCUT2D eigenvalue weighted by Crippen LogP contribution is -2.25. The van der Waals surface area contributed by atoms with E-state index in [0.29, 0.717) is 11.1 Å². The number of ether oxygens (including phenoxy) is 2. The van der Waals surface area contributed by atoms with Crippen molar-refractivity contribution in [3.63, 3.8) is 0 Å². The summed E-state index contributed by atoms with van der Waals surface area (Å²) >= 11 is 2.03. The molecular weight excluding hydrogens is 521 g/mol. The maximum atomic E-state index is 12.4. The van der Waals surface area contributed by atoms with Crippen LogP contribution in [0.4, 0.5) is 5.69 Å². The van der Waals surface area contributed by atoms with Gasteiger partial charge in [-0.05, 0) is 58.5 Å². The van der Waals surface area contributed by atoms with Gasteiger partial charge in [-0.25, -0.2) is 9.59 Å². The normalized spacial score (nSPS) is 10.8. The standard InChI is InChI=1S/C20H14IN3O7/c1-30-16-10-11(6-8-14-17(24(28)29)18(25)23-20(27)22-14)7-9-15(16)31-19(26)12-4-2-3-5-13(12)21/h2-10H,1H3,(H2,22,23,25,27)/b8-6+. The Morgan fingerprint density at radius 2 is 1.84 bits per heavy atom. The van der Waals surface area contributed by atoms with Crippen molar-refractivity contribution >= 4 is 46.4 Å². The number of nitrogens with one attached hydrogen (secondary N) is 2. The number of hydrogen-bond donors (Lipinski definition) is 2. The van der Waals surface area contributed by atoms with Crippen molar-refractivity contribution < 1.29 is 19.2 Å². The molecule has 0 aliphatic rings. The van der Waals surface area contributed by atoms with Crippen LogP contribution >= 0.6 is 22.6 Å². The highest BCUT2D eigenvalue weighted by atomic mass is 127. The van der Waals surface area contributed by atoms with Crippen molar-refractivity contribution in [2.75, 3.05) is 7.11 Å². The fourth-order valence-corrected chi connectivity index (χ4v) is 3.24. The molecule has 0 atom stereocenters. The SMILES string of the molecule is COc1cc(/C=C/c2[nH]c(=O)[nH]c(=O)c2[N+](=O)[O-])ccc1OC(=O)c1ccccc1I. The summed E-state index contributed by atoms with van der Waals surface area (Å²) in [4.78, 5) is 49.8. The molecule has 31 heavy (non-hydrogen) atoms. The molecule has 2 aromatic carbocycles. The van der Waals surface area contributed by atoms with Gasteiger partial charge in [-0.15, -0.1) is 0 Å². The monoisotopic (exact) mass is 535 g/mol. The van der Waals surface area contributed by atoms with E-state index in [0.717, 1.165) is 3.57 Å². The van der Waals surface area contributed by atoms with Crippen LogP contribution < -0.4 is 20.7 Å². The molecule has 1 aromatic heterocycles. The average molecular weight is 535 g/mol. The Kier molecular flexibility index (Phi) is 6.65. The molecule has 2 N–H and O–H groups in total. The minimum atomic E-state index is -1.11. The lowest BCUT2D eigenvalue weighted by molar-refractivity contribution is -0.386.